The van der Waals surface area contributed by atoms with Gasteiger partial charge in [0.15, 0.2) is 0 Å². The summed E-state index contributed by atoms with van der Waals surface area (Å²) in [6.07, 6.45) is -4.32. The van der Waals surface area contributed by atoms with Gasteiger partial charge in [0.1, 0.15) is 0 Å². The molecule has 0 aliphatic rings. The Morgan fingerprint density at radius 3 is 2.50 bits per heavy atom. The van der Waals surface area contributed by atoms with Crippen LogP contribution in [0.4, 0.5) is 13.2 Å². The minimum Gasteiger partial charge on any atom is -0.380 e. The molecule has 102 valence electrons. The number of hydrogen-bond donors (Lipinski definition) is 2. The van der Waals surface area contributed by atoms with Gasteiger partial charge in [0.2, 0.25) is 0 Å². The summed E-state index contributed by atoms with van der Waals surface area (Å²) in [5, 5.41) is 0. The third-order valence-electron chi connectivity index (χ3n) is 2.66. The van der Waals surface area contributed by atoms with Crippen molar-refractivity contribution < 1.29 is 17.9 Å². The smallest absolute Gasteiger partial charge is 0.380 e. The molecule has 0 aliphatic carbocycles. The van der Waals surface area contributed by atoms with Gasteiger partial charge in [-0.1, -0.05) is 6.07 Å². The molecule has 1 aromatic rings. The van der Waals surface area contributed by atoms with Gasteiger partial charge in [0.25, 0.3) is 0 Å². The molecule has 1 unspecified atom stereocenters. The number of rotatable bonds is 5. The number of hydrogen-bond acceptors (Lipinski definition) is 3. The van der Waals surface area contributed by atoms with Crippen LogP contribution in [0, 0.1) is 6.92 Å². The van der Waals surface area contributed by atoms with Crippen LogP contribution < -0.4 is 11.3 Å². The minimum absolute atomic E-state index is 0.313. The Hall–Kier alpha value is -1.11. The predicted octanol–water partition coefficient (Wildman–Crippen LogP) is 2.55. The second kappa shape index (κ2) is 6.17. The highest BCUT2D eigenvalue weighted by Gasteiger charge is 2.31. The molecule has 0 aliphatic heterocycles. The maximum absolute atomic E-state index is 12.5. The molecule has 1 rings (SSSR count). The van der Waals surface area contributed by atoms with Crippen LogP contribution in [0.15, 0.2) is 18.2 Å². The monoisotopic (exact) mass is 262 g/mol. The van der Waals surface area contributed by atoms with Crippen molar-refractivity contribution in [1.82, 2.24) is 5.43 Å². The quantitative estimate of drug-likeness (QED) is 0.633. The maximum atomic E-state index is 12.5. The van der Waals surface area contributed by atoms with Crippen LogP contribution in [0.3, 0.4) is 0 Å². The second-order valence-electron chi connectivity index (χ2n) is 3.95. The first-order valence-electron chi connectivity index (χ1n) is 5.61. The van der Waals surface area contributed by atoms with Crippen molar-refractivity contribution in [2.75, 3.05) is 13.2 Å². The normalized spacial score (nSPS) is 13.7. The summed E-state index contributed by atoms with van der Waals surface area (Å²) in [6.45, 7) is 4.31. The van der Waals surface area contributed by atoms with Crippen LogP contribution in [0.2, 0.25) is 0 Å². The van der Waals surface area contributed by atoms with Crippen molar-refractivity contribution in [2.24, 2.45) is 5.84 Å². The van der Waals surface area contributed by atoms with E-state index in [1.54, 1.807) is 6.92 Å². The number of halogens is 3. The van der Waals surface area contributed by atoms with Gasteiger partial charge in [-0.3, -0.25) is 11.3 Å². The molecule has 0 amide bonds. The third-order valence-corrected chi connectivity index (χ3v) is 2.66. The highest BCUT2D eigenvalue weighted by atomic mass is 19.4. The Kier molecular flexibility index (Phi) is 5.13. The standard InChI is InChI=1S/C12H17F3N2O/c1-3-18-7-11(17-16)10-5-4-9(6-8(10)2)12(13,14)15/h4-6,11,17H,3,7,16H2,1-2H3. The Morgan fingerprint density at radius 2 is 2.06 bits per heavy atom. The molecule has 0 bridgehead atoms. The molecule has 0 saturated heterocycles. The summed E-state index contributed by atoms with van der Waals surface area (Å²) in [6, 6.07) is 3.29. The molecule has 0 spiro atoms. The van der Waals surface area contributed by atoms with E-state index in [4.69, 9.17) is 10.6 Å². The van der Waals surface area contributed by atoms with E-state index >= 15 is 0 Å². The molecule has 0 saturated carbocycles. The van der Waals surface area contributed by atoms with Crippen molar-refractivity contribution in [2.45, 2.75) is 26.1 Å². The SMILES string of the molecule is CCOCC(NN)c1ccc(C(F)(F)F)cc1C. The van der Waals surface area contributed by atoms with Crippen molar-refractivity contribution in [3.05, 3.63) is 34.9 Å². The first-order valence-corrected chi connectivity index (χ1v) is 5.61. The van der Waals surface area contributed by atoms with E-state index in [-0.39, 0.29) is 6.04 Å². The van der Waals surface area contributed by atoms with Crippen molar-refractivity contribution >= 4 is 0 Å². The summed E-state index contributed by atoms with van der Waals surface area (Å²) in [5.41, 5.74) is 3.13. The number of alkyl halides is 3. The Balaban J connectivity index is 2.96. The Labute approximate surface area is 104 Å². The summed E-state index contributed by atoms with van der Waals surface area (Å²) < 4.78 is 42.8. The van der Waals surface area contributed by atoms with Gasteiger partial charge in [0.05, 0.1) is 18.2 Å². The highest BCUT2D eigenvalue weighted by molar-refractivity contribution is 5.34. The van der Waals surface area contributed by atoms with Crippen molar-refractivity contribution in [3.63, 3.8) is 0 Å². The van der Waals surface area contributed by atoms with E-state index in [0.29, 0.717) is 24.3 Å². The fourth-order valence-electron chi connectivity index (χ4n) is 1.71. The Morgan fingerprint density at radius 1 is 1.39 bits per heavy atom. The summed E-state index contributed by atoms with van der Waals surface area (Å²) >= 11 is 0. The molecule has 0 aromatic heterocycles. The van der Waals surface area contributed by atoms with Crippen LogP contribution in [0.5, 0.6) is 0 Å². The average molecular weight is 262 g/mol. The fraction of sp³-hybridized carbons (Fsp3) is 0.500. The van der Waals surface area contributed by atoms with E-state index in [1.807, 2.05) is 6.92 Å². The third kappa shape index (κ3) is 3.69. The van der Waals surface area contributed by atoms with E-state index in [2.05, 4.69) is 5.43 Å². The lowest BCUT2D eigenvalue weighted by molar-refractivity contribution is -0.137. The van der Waals surface area contributed by atoms with Crippen LogP contribution >= 0.6 is 0 Å². The average Bonchev–Trinajstić information content (AvgIpc) is 2.30. The number of nitrogens with two attached hydrogens (primary N) is 1. The zero-order valence-corrected chi connectivity index (χ0v) is 10.3. The zero-order chi connectivity index (χ0) is 13.8. The first-order chi connectivity index (χ1) is 8.40. The first kappa shape index (κ1) is 14.9. The van der Waals surface area contributed by atoms with Gasteiger partial charge in [-0.25, -0.2) is 0 Å². The van der Waals surface area contributed by atoms with Gasteiger partial charge in [-0.2, -0.15) is 13.2 Å². The largest absolute Gasteiger partial charge is 0.416 e. The summed E-state index contributed by atoms with van der Waals surface area (Å²) in [7, 11) is 0. The molecular formula is C12H17F3N2O. The van der Waals surface area contributed by atoms with Crippen LogP contribution in [0.1, 0.15) is 29.7 Å². The fourth-order valence-corrected chi connectivity index (χ4v) is 1.71. The number of aryl methyl sites for hydroxylation is 1. The molecular weight excluding hydrogens is 245 g/mol. The number of hydrazine groups is 1. The molecule has 18 heavy (non-hydrogen) atoms. The molecule has 6 heteroatoms. The molecule has 1 aromatic carbocycles. The molecule has 3 N–H and O–H groups in total. The lowest BCUT2D eigenvalue weighted by Crippen LogP contribution is -2.32. The van der Waals surface area contributed by atoms with E-state index in [9.17, 15) is 13.2 Å². The number of nitrogens with one attached hydrogen (secondary N) is 1. The lowest BCUT2D eigenvalue weighted by atomic mass is 9.99. The van der Waals surface area contributed by atoms with Crippen molar-refractivity contribution in [1.29, 1.82) is 0 Å². The van der Waals surface area contributed by atoms with Crippen LogP contribution in [0.25, 0.3) is 0 Å². The van der Waals surface area contributed by atoms with Crippen LogP contribution in [-0.4, -0.2) is 13.2 Å². The van der Waals surface area contributed by atoms with Gasteiger partial charge in [-0.15, -0.1) is 0 Å². The maximum Gasteiger partial charge on any atom is 0.416 e. The topological polar surface area (TPSA) is 47.3 Å². The molecule has 0 heterocycles. The van der Waals surface area contributed by atoms with Crippen molar-refractivity contribution in [3.8, 4) is 0 Å². The predicted molar refractivity (Wildman–Crippen MR) is 62.7 cm³/mol. The summed E-state index contributed by atoms with van der Waals surface area (Å²) in [5.74, 6) is 5.39. The molecule has 1 atom stereocenters. The van der Waals surface area contributed by atoms with Gasteiger partial charge in [0, 0.05) is 6.61 Å². The van der Waals surface area contributed by atoms with E-state index in [0.717, 1.165) is 12.1 Å². The number of ether oxygens (including phenoxy) is 1. The highest BCUT2D eigenvalue weighted by Crippen LogP contribution is 2.31. The molecule has 0 fully saturated rings. The molecule has 3 nitrogen and oxygen atoms in total. The summed E-state index contributed by atoms with van der Waals surface area (Å²) in [4.78, 5) is 0. The van der Waals surface area contributed by atoms with Gasteiger partial charge in [-0.05, 0) is 37.1 Å². The lowest BCUT2D eigenvalue weighted by Gasteiger charge is -2.19. The van der Waals surface area contributed by atoms with E-state index in [1.165, 1.54) is 6.07 Å². The Bertz CT molecular complexity index is 393. The molecule has 0 radical (unpaired) electrons. The number of benzene rings is 1. The second-order valence-corrected chi connectivity index (χ2v) is 3.95. The zero-order valence-electron chi connectivity index (χ0n) is 10.3. The van der Waals surface area contributed by atoms with Crippen LogP contribution in [-0.2, 0) is 10.9 Å². The van der Waals surface area contributed by atoms with E-state index < -0.39 is 11.7 Å². The van der Waals surface area contributed by atoms with Gasteiger partial charge < -0.3 is 4.74 Å². The minimum atomic E-state index is -4.32. The van der Waals surface area contributed by atoms with Gasteiger partial charge >= 0.3 is 6.18 Å².